The van der Waals surface area contributed by atoms with E-state index < -0.39 is 0 Å². The molecule has 0 bridgehead atoms. The summed E-state index contributed by atoms with van der Waals surface area (Å²) in [5.41, 5.74) is 6.82. The number of hydrogen-bond donors (Lipinski definition) is 0. The van der Waals surface area contributed by atoms with Gasteiger partial charge in [0.2, 0.25) is 0 Å². The highest BCUT2D eigenvalue weighted by atomic mass is 35.5. The third kappa shape index (κ3) is 1.29. The van der Waals surface area contributed by atoms with Gasteiger partial charge in [-0.05, 0) is 53.3 Å². The second-order valence-electron chi connectivity index (χ2n) is 4.09. The molecule has 0 unspecified atom stereocenters. The zero-order valence-corrected chi connectivity index (χ0v) is 9.31. The lowest BCUT2D eigenvalue weighted by Crippen LogP contribution is -1.84. The van der Waals surface area contributed by atoms with Crippen LogP contribution in [0.25, 0.3) is 11.1 Å². The first-order valence-corrected chi connectivity index (χ1v) is 5.51. The van der Waals surface area contributed by atoms with E-state index in [9.17, 15) is 0 Å². The molecule has 0 amide bonds. The Balaban J connectivity index is 2.33. The molecule has 0 fully saturated rings. The van der Waals surface area contributed by atoms with Gasteiger partial charge in [-0.15, -0.1) is 0 Å². The molecule has 1 aliphatic carbocycles. The summed E-state index contributed by atoms with van der Waals surface area (Å²) in [7, 11) is 0. The molecule has 0 saturated heterocycles. The van der Waals surface area contributed by atoms with E-state index in [1.165, 1.54) is 27.8 Å². The maximum absolute atomic E-state index is 6.07. The van der Waals surface area contributed by atoms with Gasteiger partial charge in [0.1, 0.15) is 0 Å². The van der Waals surface area contributed by atoms with E-state index in [4.69, 9.17) is 11.6 Å². The maximum atomic E-state index is 6.07. The fourth-order valence-electron chi connectivity index (χ4n) is 2.46. The van der Waals surface area contributed by atoms with E-state index in [1.54, 1.807) is 0 Å². The van der Waals surface area contributed by atoms with Crippen molar-refractivity contribution in [3.8, 4) is 11.1 Å². The summed E-state index contributed by atoms with van der Waals surface area (Å²) >= 11 is 6.07. The number of benzene rings is 2. The van der Waals surface area contributed by atoms with Gasteiger partial charge in [-0.2, -0.15) is 0 Å². The summed E-state index contributed by atoms with van der Waals surface area (Å²) in [6.07, 6.45) is 1.02. The van der Waals surface area contributed by atoms with Crippen molar-refractivity contribution in [2.45, 2.75) is 13.3 Å². The highest BCUT2D eigenvalue weighted by Gasteiger charge is 2.19. The first-order chi connectivity index (χ1) is 7.25. The second kappa shape index (κ2) is 3.11. The van der Waals surface area contributed by atoms with Crippen molar-refractivity contribution in [3.63, 3.8) is 0 Å². The molecular weight excluding hydrogens is 204 g/mol. The Hall–Kier alpha value is -1.27. The molecule has 0 spiro atoms. The Morgan fingerprint density at radius 3 is 2.73 bits per heavy atom. The number of fused-ring (bicyclic) bond motifs is 3. The number of aryl methyl sites for hydroxylation is 1. The van der Waals surface area contributed by atoms with E-state index in [-0.39, 0.29) is 0 Å². The average molecular weight is 215 g/mol. The van der Waals surface area contributed by atoms with Crippen LogP contribution in [0.3, 0.4) is 0 Å². The minimum atomic E-state index is 0.846. The van der Waals surface area contributed by atoms with Crippen LogP contribution in [0.5, 0.6) is 0 Å². The van der Waals surface area contributed by atoms with E-state index in [0.717, 1.165) is 11.4 Å². The fourth-order valence-corrected chi connectivity index (χ4v) is 2.76. The Bertz CT molecular complexity index is 541. The zero-order valence-electron chi connectivity index (χ0n) is 8.55. The van der Waals surface area contributed by atoms with Crippen molar-refractivity contribution in [3.05, 3.63) is 58.1 Å². The molecule has 2 aromatic carbocycles. The quantitative estimate of drug-likeness (QED) is 0.526. The van der Waals surface area contributed by atoms with Crippen LogP contribution in [0.1, 0.15) is 16.7 Å². The van der Waals surface area contributed by atoms with Crippen LogP contribution in [0.15, 0.2) is 36.4 Å². The van der Waals surface area contributed by atoms with Crippen LogP contribution < -0.4 is 0 Å². The largest absolute Gasteiger partial charge is 0.0843 e. The molecular formula is C14H11Cl. The van der Waals surface area contributed by atoms with Gasteiger partial charge in [-0.1, -0.05) is 35.9 Å². The monoisotopic (exact) mass is 214 g/mol. The van der Waals surface area contributed by atoms with E-state index >= 15 is 0 Å². The first kappa shape index (κ1) is 8.99. The number of hydrogen-bond acceptors (Lipinski definition) is 0. The minimum Gasteiger partial charge on any atom is -0.0843 e. The Morgan fingerprint density at radius 2 is 1.87 bits per heavy atom. The van der Waals surface area contributed by atoms with Crippen LogP contribution in [0.4, 0.5) is 0 Å². The van der Waals surface area contributed by atoms with Crippen LogP contribution in [0.2, 0.25) is 5.02 Å². The maximum Gasteiger partial charge on any atom is 0.0411 e. The van der Waals surface area contributed by atoms with Gasteiger partial charge in [0.25, 0.3) is 0 Å². The normalized spacial score (nSPS) is 12.4. The first-order valence-electron chi connectivity index (χ1n) is 5.13. The highest BCUT2D eigenvalue weighted by molar-refractivity contribution is 6.30. The molecule has 1 aliphatic rings. The molecule has 15 heavy (non-hydrogen) atoms. The molecule has 0 N–H and O–H groups in total. The van der Waals surface area contributed by atoms with Crippen molar-refractivity contribution in [2.24, 2.45) is 0 Å². The van der Waals surface area contributed by atoms with E-state index in [0.29, 0.717) is 0 Å². The summed E-state index contributed by atoms with van der Waals surface area (Å²) < 4.78 is 0. The van der Waals surface area contributed by atoms with Crippen molar-refractivity contribution in [2.75, 3.05) is 0 Å². The highest BCUT2D eigenvalue weighted by Crippen LogP contribution is 2.39. The lowest BCUT2D eigenvalue weighted by atomic mass is 10.0. The molecule has 0 saturated carbocycles. The Kier molecular flexibility index (Phi) is 1.86. The summed E-state index contributed by atoms with van der Waals surface area (Å²) in [6, 6.07) is 12.7. The van der Waals surface area contributed by atoms with E-state index in [1.807, 2.05) is 6.07 Å². The molecule has 0 radical (unpaired) electrons. The van der Waals surface area contributed by atoms with Gasteiger partial charge in [0.05, 0.1) is 0 Å². The molecule has 0 atom stereocenters. The van der Waals surface area contributed by atoms with Gasteiger partial charge < -0.3 is 0 Å². The molecule has 0 aliphatic heterocycles. The second-order valence-corrected chi connectivity index (χ2v) is 4.53. The minimum absolute atomic E-state index is 0.846. The summed E-state index contributed by atoms with van der Waals surface area (Å²) in [4.78, 5) is 0. The topological polar surface area (TPSA) is 0 Å². The summed E-state index contributed by atoms with van der Waals surface area (Å²) in [5.74, 6) is 0. The molecule has 0 heterocycles. The van der Waals surface area contributed by atoms with Gasteiger partial charge in [-0.3, -0.25) is 0 Å². The molecule has 0 nitrogen and oxygen atoms in total. The van der Waals surface area contributed by atoms with Crippen molar-refractivity contribution < 1.29 is 0 Å². The average Bonchev–Trinajstić information content (AvgIpc) is 2.54. The van der Waals surface area contributed by atoms with Gasteiger partial charge in [-0.25, -0.2) is 0 Å². The summed E-state index contributed by atoms with van der Waals surface area (Å²) in [5, 5.41) is 0.846. The molecule has 3 rings (SSSR count). The lowest BCUT2D eigenvalue weighted by Gasteiger charge is -2.05. The standard InChI is InChI=1S/C14H11Cl/c1-9-6-12(15)8-11-7-10-4-2-3-5-13(10)14(9)11/h2-6,8H,7H2,1H3. The van der Waals surface area contributed by atoms with Crippen molar-refractivity contribution in [1.29, 1.82) is 0 Å². The predicted octanol–water partition coefficient (Wildman–Crippen LogP) is 4.22. The van der Waals surface area contributed by atoms with Crippen molar-refractivity contribution >= 4 is 11.6 Å². The van der Waals surface area contributed by atoms with Crippen LogP contribution in [-0.2, 0) is 6.42 Å². The van der Waals surface area contributed by atoms with Gasteiger partial charge >= 0.3 is 0 Å². The molecule has 1 heteroatoms. The fraction of sp³-hybridized carbons (Fsp3) is 0.143. The summed E-state index contributed by atoms with van der Waals surface area (Å²) in [6.45, 7) is 2.13. The predicted molar refractivity (Wildman–Crippen MR) is 64.4 cm³/mol. The molecule has 0 aromatic heterocycles. The van der Waals surface area contributed by atoms with Crippen LogP contribution >= 0.6 is 11.6 Å². The SMILES string of the molecule is Cc1cc(Cl)cc2c1-c1ccccc1C2. The third-order valence-corrected chi connectivity index (χ3v) is 3.27. The smallest absolute Gasteiger partial charge is 0.0411 e. The molecule has 2 aromatic rings. The van der Waals surface area contributed by atoms with Crippen LogP contribution in [-0.4, -0.2) is 0 Å². The zero-order chi connectivity index (χ0) is 10.4. The van der Waals surface area contributed by atoms with Crippen LogP contribution in [0, 0.1) is 6.92 Å². The Morgan fingerprint density at radius 1 is 1.07 bits per heavy atom. The Labute approximate surface area is 94.5 Å². The number of halogens is 1. The number of rotatable bonds is 0. The van der Waals surface area contributed by atoms with Crippen molar-refractivity contribution in [1.82, 2.24) is 0 Å². The lowest BCUT2D eigenvalue weighted by molar-refractivity contribution is 1.26. The third-order valence-electron chi connectivity index (χ3n) is 3.05. The van der Waals surface area contributed by atoms with Gasteiger partial charge in [0, 0.05) is 5.02 Å². The molecule has 74 valence electrons. The van der Waals surface area contributed by atoms with Gasteiger partial charge in [0.15, 0.2) is 0 Å². The van der Waals surface area contributed by atoms with E-state index in [2.05, 4.69) is 37.3 Å².